The van der Waals surface area contributed by atoms with Gasteiger partial charge in [-0.15, -0.1) is 11.6 Å². The van der Waals surface area contributed by atoms with E-state index in [1.807, 2.05) is 44.7 Å². The smallest absolute Gasteiger partial charge is 0.255 e. The molecule has 0 saturated carbocycles. The first-order valence-corrected chi connectivity index (χ1v) is 7.33. The van der Waals surface area contributed by atoms with Crippen LogP contribution in [0.4, 0.5) is 0 Å². The third kappa shape index (κ3) is 3.30. The molecule has 2 heterocycles. The van der Waals surface area contributed by atoms with Crippen LogP contribution in [0.1, 0.15) is 35.6 Å². The normalized spacial score (nSPS) is 21.9. The number of aryl methyl sites for hydroxylation is 2. The largest absolute Gasteiger partial charge is 0.367 e. The number of carbonyl (C=O) groups excluding carboxylic acids is 1. The molecule has 1 unspecified atom stereocenters. The van der Waals surface area contributed by atoms with Crippen molar-refractivity contribution >= 4 is 17.5 Å². The first-order valence-electron chi connectivity index (χ1n) is 6.80. The monoisotopic (exact) mass is 296 g/mol. The van der Waals surface area contributed by atoms with Gasteiger partial charge in [0.05, 0.1) is 28.8 Å². The molecule has 2 rings (SSSR count). The van der Waals surface area contributed by atoms with Gasteiger partial charge in [-0.05, 0) is 39.8 Å². The molecule has 110 valence electrons. The molecule has 1 aromatic heterocycles. The van der Waals surface area contributed by atoms with Gasteiger partial charge in [0.2, 0.25) is 0 Å². The van der Waals surface area contributed by atoms with Gasteiger partial charge >= 0.3 is 0 Å². The van der Waals surface area contributed by atoms with E-state index in [1.54, 1.807) is 0 Å². The van der Waals surface area contributed by atoms with Gasteiger partial charge in [-0.1, -0.05) is 0 Å². The van der Waals surface area contributed by atoms with E-state index < -0.39 is 0 Å². The number of amides is 1. The zero-order valence-corrected chi connectivity index (χ0v) is 13.2. The summed E-state index contributed by atoms with van der Waals surface area (Å²) in [4.78, 5) is 18.8. The van der Waals surface area contributed by atoms with Crippen molar-refractivity contribution in [2.75, 3.05) is 19.0 Å². The maximum absolute atomic E-state index is 12.7. The van der Waals surface area contributed by atoms with Crippen LogP contribution in [0.5, 0.6) is 0 Å². The summed E-state index contributed by atoms with van der Waals surface area (Å²) < 4.78 is 5.85. The molecule has 1 amide bonds. The van der Waals surface area contributed by atoms with Crippen LogP contribution in [0.3, 0.4) is 0 Å². The van der Waals surface area contributed by atoms with E-state index in [0.29, 0.717) is 24.5 Å². The highest BCUT2D eigenvalue weighted by Gasteiger charge is 2.35. The molecule has 1 saturated heterocycles. The first-order chi connectivity index (χ1) is 9.32. The number of rotatable bonds is 2. The summed E-state index contributed by atoms with van der Waals surface area (Å²) in [7, 11) is 0. The predicted octanol–water partition coefficient (Wildman–Crippen LogP) is 2.56. The Kier molecular flexibility index (Phi) is 4.35. The average Bonchev–Trinajstić information content (AvgIpc) is 2.36. The van der Waals surface area contributed by atoms with Crippen molar-refractivity contribution in [3.05, 3.63) is 29.1 Å². The number of ether oxygens (including phenoxy) is 1. The third-order valence-corrected chi connectivity index (χ3v) is 3.74. The summed E-state index contributed by atoms with van der Waals surface area (Å²) in [6.45, 7) is 8.83. The number of hydrogen-bond acceptors (Lipinski definition) is 3. The fourth-order valence-electron chi connectivity index (χ4n) is 2.61. The highest BCUT2D eigenvalue weighted by Crippen LogP contribution is 2.23. The van der Waals surface area contributed by atoms with Crippen LogP contribution < -0.4 is 0 Å². The maximum Gasteiger partial charge on any atom is 0.255 e. The standard InChI is InChI=1S/C15H21ClN2O2/c1-10-5-6-13(11(2)17-10)14(19)18-8-12(7-16)20-15(3,4)9-18/h5-6,12H,7-9H2,1-4H3. The van der Waals surface area contributed by atoms with Gasteiger partial charge in [-0.3, -0.25) is 9.78 Å². The molecule has 0 spiro atoms. The van der Waals surface area contributed by atoms with Crippen LogP contribution in [0.15, 0.2) is 12.1 Å². The van der Waals surface area contributed by atoms with Crippen LogP contribution in [0, 0.1) is 13.8 Å². The second-order valence-corrected chi connectivity index (χ2v) is 6.23. The minimum atomic E-state index is -0.375. The lowest BCUT2D eigenvalue weighted by molar-refractivity contribution is -0.117. The molecule has 0 aromatic carbocycles. The molecule has 5 heteroatoms. The lowest BCUT2D eigenvalue weighted by Gasteiger charge is -2.42. The van der Waals surface area contributed by atoms with E-state index in [-0.39, 0.29) is 17.6 Å². The lowest BCUT2D eigenvalue weighted by Crippen LogP contribution is -2.55. The number of aromatic nitrogens is 1. The van der Waals surface area contributed by atoms with E-state index in [4.69, 9.17) is 16.3 Å². The second kappa shape index (κ2) is 5.70. The van der Waals surface area contributed by atoms with E-state index >= 15 is 0 Å². The third-order valence-electron chi connectivity index (χ3n) is 3.40. The van der Waals surface area contributed by atoms with E-state index in [1.165, 1.54) is 0 Å². The van der Waals surface area contributed by atoms with Crippen molar-refractivity contribution in [2.24, 2.45) is 0 Å². The number of pyridine rings is 1. The SMILES string of the molecule is Cc1ccc(C(=O)N2CC(CCl)OC(C)(C)C2)c(C)n1. The molecule has 1 aromatic rings. The molecule has 1 atom stereocenters. The zero-order valence-electron chi connectivity index (χ0n) is 12.4. The van der Waals surface area contributed by atoms with Gasteiger partial charge in [0, 0.05) is 18.8 Å². The molecular formula is C15H21ClN2O2. The Morgan fingerprint density at radius 3 is 2.80 bits per heavy atom. The van der Waals surface area contributed by atoms with Crippen molar-refractivity contribution in [3.63, 3.8) is 0 Å². The number of hydrogen-bond donors (Lipinski definition) is 0. The van der Waals surface area contributed by atoms with Crippen molar-refractivity contribution < 1.29 is 9.53 Å². The van der Waals surface area contributed by atoms with Crippen LogP contribution in [-0.2, 0) is 4.74 Å². The van der Waals surface area contributed by atoms with Crippen molar-refractivity contribution in [1.82, 2.24) is 9.88 Å². The Morgan fingerprint density at radius 2 is 2.20 bits per heavy atom. The number of morpholine rings is 1. The Hall–Kier alpha value is -1.13. The Morgan fingerprint density at radius 1 is 1.50 bits per heavy atom. The number of alkyl halides is 1. The Bertz CT molecular complexity index is 517. The molecule has 1 fully saturated rings. The van der Waals surface area contributed by atoms with Crippen molar-refractivity contribution in [2.45, 2.75) is 39.4 Å². The van der Waals surface area contributed by atoms with E-state index in [9.17, 15) is 4.79 Å². The van der Waals surface area contributed by atoms with Gasteiger partial charge in [0.15, 0.2) is 0 Å². The zero-order chi connectivity index (χ0) is 14.9. The topological polar surface area (TPSA) is 42.4 Å². The highest BCUT2D eigenvalue weighted by atomic mass is 35.5. The lowest BCUT2D eigenvalue weighted by atomic mass is 10.0. The fraction of sp³-hybridized carbons (Fsp3) is 0.600. The summed E-state index contributed by atoms with van der Waals surface area (Å²) in [5, 5.41) is 0. The van der Waals surface area contributed by atoms with E-state index in [0.717, 1.165) is 11.4 Å². The molecule has 20 heavy (non-hydrogen) atoms. The Balaban J connectivity index is 2.23. The van der Waals surface area contributed by atoms with Gasteiger partial charge in [0.1, 0.15) is 0 Å². The predicted molar refractivity (Wildman–Crippen MR) is 79.3 cm³/mol. The Labute approximate surface area is 125 Å². The van der Waals surface area contributed by atoms with Gasteiger partial charge in [-0.2, -0.15) is 0 Å². The second-order valence-electron chi connectivity index (χ2n) is 5.93. The summed E-state index contributed by atoms with van der Waals surface area (Å²) in [6, 6.07) is 3.71. The number of carbonyl (C=O) groups is 1. The molecule has 4 nitrogen and oxygen atoms in total. The molecule has 0 N–H and O–H groups in total. The van der Waals surface area contributed by atoms with Crippen LogP contribution >= 0.6 is 11.6 Å². The average molecular weight is 297 g/mol. The van der Waals surface area contributed by atoms with Crippen LogP contribution in [-0.4, -0.2) is 46.5 Å². The maximum atomic E-state index is 12.7. The summed E-state index contributed by atoms with van der Waals surface area (Å²) in [5.74, 6) is 0.389. The van der Waals surface area contributed by atoms with E-state index in [2.05, 4.69) is 4.98 Å². The van der Waals surface area contributed by atoms with Crippen molar-refractivity contribution in [1.29, 1.82) is 0 Å². The van der Waals surface area contributed by atoms with Crippen LogP contribution in [0.25, 0.3) is 0 Å². The van der Waals surface area contributed by atoms with Gasteiger partial charge < -0.3 is 9.64 Å². The highest BCUT2D eigenvalue weighted by molar-refractivity contribution is 6.18. The van der Waals surface area contributed by atoms with Crippen molar-refractivity contribution in [3.8, 4) is 0 Å². The summed E-state index contributed by atoms with van der Waals surface area (Å²) >= 11 is 5.90. The first kappa shape index (κ1) is 15.3. The molecule has 1 aliphatic heterocycles. The molecule has 0 aliphatic carbocycles. The van der Waals surface area contributed by atoms with Crippen LogP contribution in [0.2, 0.25) is 0 Å². The molecule has 0 bridgehead atoms. The minimum absolute atomic E-state index is 0.00138. The minimum Gasteiger partial charge on any atom is -0.367 e. The van der Waals surface area contributed by atoms with Gasteiger partial charge in [0.25, 0.3) is 5.91 Å². The number of nitrogens with zero attached hydrogens (tertiary/aromatic N) is 2. The molecular weight excluding hydrogens is 276 g/mol. The number of halogens is 1. The molecule has 1 aliphatic rings. The summed E-state index contributed by atoms with van der Waals surface area (Å²) in [5.41, 5.74) is 1.96. The fourth-order valence-corrected chi connectivity index (χ4v) is 2.77. The summed E-state index contributed by atoms with van der Waals surface area (Å²) in [6.07, 6.45) is -0.122. The quantitative estimate of drug-likeness (QED) is 0.788. The van der Waals surface area contributed by atoms with Gasteiger partial charge in [-0.25, -0.2) is 0 Å². The molecule has 0 radical (unpaired) electrons.